The molecule has 2 aliphatic rings. The van der Waals surface area contributed by atoms with Crippen molar-refractivity contribution in [3.63, 3.8) is 0 Å². The number of rotatable bonds is 3. The fraction of sp³-hybridized carbons (Fsp3) is 0.750. The summed E-state index contributed by atoms with van der Waals surface area (Å²) in [5.74, 6) is -1.65. The highest BCUT2D eigenvalue weighted by Gasteiger charge is 2.62. The van der Waals surface area contributed by atoms with Crippen molar-refractivity contribution < 1.29 is 29.0 Å². The number of β-lactam (4-membered cyclic amide) rings is 1. The SMILES string of the molecule is CC(=O)N1CCN(C(=O)OC(C)(C)C)CC12CN([C@@H](CO)C(N)=O)C2=O. The highest BCUT2D eigenvalue weighted by molar-refractivity contribution is 6.00. The van der Waals surface area contributed by atoms with Crippen molar-refractivity contribution in [1.29, 1.82) is 0 Å². The summed E-state index contributed by atoms with van der Waals surface area (Å²) in [7, 11) is 0. The molecule has 0 aromatic rings. The van der Waals surface area contributed by atoms with E-state index in [9.17, 15) is 24.3 Å². The van der Waals surface area contributed by atoms with E-state index in [1.165, 1.54) is 16.7 Å². The average molecular weight is 370 g/mol. The van der Waals surface area contributed by atoms with Crippen LogP contribution in [-0.4, -0.2) is 93.6 Å². The van der Waals surface area contributed by atoms with Crippen LogP contribution in [0.4, 0.5) is 4.79 Å². The van der Waals surface area contributed by atoms with Crippen molar-refractivity contribution in [1.82, 2.24) is 14.7 Å². The Hall–Kier alpha value is -2.36. The highest BCUT2D eigenvalue weighted by Crippen LogP contribution is 2.35. The molecule has 2 fully saturated rings. The number of aliphatic hydroxyl groups excluding tert-OH is 1. The minimum atomic E-state index is -1.26. The van der Waals surface area contributed by atoms with Gasteiger partial charge in [0.15, 0.2) is 5.54 Å². The lowest BCUT2D eigenvalue weighted by Gasteiger charge is -2.58. The Morgan fingerprint density at radius 1 is 1.27 bits per heavy atom. The van der Waals surface area contributed by atoms with Gasteiger partial charge in [0.05, 0.1) is 19.7 Å². The van der Waals surface area contributed by atoms with E-state index in [0.717, 1.165) is 4.90 Å². The Bertz CT molecular complexity index is 631. The van der Waals surface area contributed by atoms with Gasteiger partial charge in [-0.05, 0) is 20.8 Å². The number of piperazine rings is 1. The predicted octanol–water partition coefficient (Wildman–Crippen LogP) is -1.49. The third-order valence-corrected chi connectivity index (χ3v) is 4.56. The molecule has 0 aromatic carbocycles. The number of nitrogens with zero attached hydrogens (tertiary/aromatic N) is 3. The van der Waals surface area contributed by atoms with E-state index in [-0.39, 0.29) is 32.1 Å². The molecule has 0 aliphatic carbocycles. The lowest BCUT2D eigenvalue weighted by molar-refractivity contribution is -0.183. The first kappa shape index (κ1) is 20.0. The summed E-state index contributed by atoms with van der Waals surface area (Å²) in [4.78, 5) is 52.6. The molecule has 146 valence electrons. The van der Waals surface area contributed by atoms with Crippen molar-refractivity contribution >= 4 is 23.8 Å². The van der Waals surface area contributed by atoms with Gasteiger partial charge in [0, 0.05) is 20.0 Å². The van der Waals surface area contributed by atoms with Crippen molar-refractivity contribution in [2.75, 3.05) is 32.8 Å². The standard InChI is InChI=1S/C16H26N4O6/c1-10(22)20-6-5-18(14(25)26-15(2,3)4)8-16(20)9-19(13(16)24)11(7-21)12(17)23/h11,21H,5-9H2,1-4H3,(H2,17,23)/t11-,16?/m0/s1. The minimum Gasteiger partial charge on any atom is -0.444 e. The molecule has 3 N–H and O–H groups in total. The number of carbonyl (C=O) groups excluding carboxylic acids is 4. The van der Waals surface area contributed by atoms with Gasteiger partial charge in [-0.2, -0.15) is 0 Å². The second-order valence-corrected chi connectivity index (χ2v) is 7.64. The number of hydrogen-bond acceptors (Lipinski definition) is 6. The van der Waals surface area contributed by atoms with Gasteiger partial charge in [0.1, 0.15) is 11.6 Å². The first-order valence-corrected chi connectivity index (χ1v) is 8.40. The summed E-state index contributed by atoms with van der Waals surface area (Å²) in [6.45, 7) is 6.35. The average Bonchev–Trinajstić information content (AvgIpc) is 2.52. The predicted molar refractivity (Wildman–Crippen MR) is 89.7 cm³/mol. The molecule has 1 unspecified atom stereocenters. The molecular formula is C16H26N4O6. The number of aliphatic hydroxyl groups is 1. The summed E-state index contributed by atoms with van der Waals surface area (Å²) >= 11 is 0. The fourth-order valence-electron chi connectivity index (χ4n) is 3.37. The number of ether oxygens (including phenoxy) is 1. The second-order valence-electron chi connectivity index (χ2n) is 7.64. The summed E-state index contributed by atoms with van der Waals surface area (Å²) in [6.07, 6.45) is -0.570. The maximum atomic E-state index is 12.8. The number of nitrogens with two attached hydrogens (primary N) is 1. The van der Waals surface area contributed by atoms with Crippen molar-refractivity contribution in [3.8, 4) is 0 Å². The number of amides is 4. The molecule has 2 saturated heterocycles. The van der Waals surface area contributed by atoms with Gasteiger partial charge in [-0.15, -0.1) is 0 Å². The zero-order valence-corrected chi connectivity index (χ0v) is 15.5. The van der Waals surface area contributed by atoms with E-state index in [1.807, 2.05) is 0 Å². The zero-order valence-electron chi connectivity index (χ0n) is 15.5. The Morgan fingerprint density at radius 3 is 2.31 bits per heavy atom. The molecular weight excluding hydrogens is 344 g/mol. The molecule has 2 atom stereocenters. The first-order chi connectivity index (χ1) is 11.9. The molecule has 2 rings (SSSR count). The van der Waals surface area contributed by atoms with E-state index in [0.29, 0.717) is 0 Å². The van der Waals surface area contributed by atoms with Gasteiger partial charge in [-0.25, -0.2) is 4.79 Å². The van der Waals surface area contributed by atoms with Gasteiger partial charge in [0.2, 0.25) is 11.8 Å². The van der Waals surface area contributed by atoms with E-state index in [2.05, 4.69) is 0 Å². The molecule has 10 heteroatoms. The topological polar surface area (TPSA) is 133 Å². The zero-order chi connectivity index (χ0) is 19.9. The minimum absolute atomic E-state index is 0.0128. The molecule has 26 heavy (non-hydrogen) atoms. The lowest BCUT2D eigenvalue weighted by atomic mass is 9.82. The van der Waals surface area contributed by atoms with E-state index < -0.39 is 41.7 Å². The number of primary amides is 1. The van der Waals surface area contributed by atoms with E-state index in [4.69, 9.17) is 10.5 Å². The van der Waals surface area contributed by atoms with Gasteiger partial charge >= 0.3 is 6.09 Å². The monoisotopic (exact) mass is 370 g/mol. The summed E-state index contributed by atoms with van der Waals surface area (Å²) in [5, 5.41) is 9.32. The van der Waals surface area contributed by atoms with Crippen molar-refractivity contribution in [2.45, 2.75) is 44.9 Å². The number of likely N-dealkylation sites (tertiary alicyclic amines) is 1. The van der Waals surface area contributed by atoms with E-state index >= 15 is 0 Å². The van der Waals surface area contributed by atoms with Crippen LogP contribution in [0.1, 0.15) is 27.7 Å². The second kappa shape index (κ2) is 6.75. The lowest BCUT2D eigenvalue weighted by Crippen LogP contribution is -2.83. The van der Waals surface area contributed by atoms with Crippen LogP contribution in [0.2, 0.25) is 0 Å². The van der Waals surface area contributed by atoms with E-state index in [1.54, 1.807) is 20.8 Å². The summed E-state index contributed by atoms with van der Waals surface area (Å²) in [6, 6.07) is -1.15. The fourth-order valence-corrected chi connectivity index (χ4v) is 3.37. The van der Waals surface area contributed by atoms with Crippen LogP contribution in [0.15, 0.2) is 0 Å². The molecule has 2 heterocycles. The molecule has 1 spiro atoms. The van der Waals surface area contributed by atoms with Crippen LogP contribution in [-0.2, 0) is 19.1 Å². The normalized spacial score (nSPS) is 24.3. The summed E-state index contributed by atoms with van der Waals surface area (Å²) in [5.41, 5.74) is 3.27. The van der Waals surface area contributed by atoms with Crippen molar-refractivity contribution in [3.05, 3.63) is 0 Å². The number of hydrogen-bond donors (Lipinski definition) is 2. The number of carbonyl (C=O) groups is 4. The largest absolute Gasteiger partial charge is 0.444 e. The Morgan fingerprint density at radius 2 is 1.88 bits per heavy atom. The van der Waals surface area contributed by atoms with Crippen LogP contribution in [0, 0.1) is 0 Å². The van der Waals surface area contributed by atoms with Crippen LogP contribution in [0.5, 0.6) is 0 Å². The van der Waals surface area contributed by atoms with Crippen LogP contribution in [0.25, 0.3) is 0 Å². The molecule has 0 radical (unpaired) electrons. The molecule has 0 bridgehead atoms. The van der Waals surface area contributed by atoms with Gasteiger partial charge < -0.3 is 30.3 Å². The molecule has 0 aromatic heterocycles. The maximum Gasteiger partial charge on any atom is 0.410 e. The quantitative estimate of drug-likeness (QED) is 0.582. The third kappa shape index (κ3) is 3.46. The molecule has 10 nitrogen and oxygen atoms in total. The third-order valence-electron chi connectivity index (χ3n) is 4.56. The first-order valence-electron chi connectivity index (χ1n) is 8.40. The summed E-state index contributed by atoms with van der Waals surface area (Å²) < 4.78 is 5.35. The van der Waals surface area contributed by atoms with Gasteiger partial charge in [-0.1, -0.05) is 0 Å². The Labute approximate surface area is 151 Å². The van der Waals surface area contributed by atoms with Crippen LogP contribution < -0.4 is 5.73 Å². The Balaban J connectivity index is 2.23. The van der Waals surface area contributed by atoms with Gasteiger partial charge in [-0.3, -0.25) is 14.4 Å². The van der Waals surface area contributed by atoms with Crippen molar-refractivity contribution in [2.24, 2.45) is 5.73 Å². The molecule has 4 amide bonds. The maximum absolute atomic E-state index is 12.8. The highest BCUT2D eigenvalue weighted by atomic mass is 16.6. The van der Waals surface area contributed by atoms with Crippen LogP contribution >= 0.6 is 0 Å². The van der Waals surface area contributed by atoms with Gasteiger partial charge in [0.25, 0.3) is 5.91 Å². The molecule has 2 aliphatic heterocycles. The molecule has 0 saturated carbocycles. The smallest absolute Gasteiger partial charge is 0.410 e. The van der Waals surface area contributed by atoms with Crippen LogP contribution in [0.3, 0.4) is 0 Å². The Kier molecular flexibility index (Phi) is 5.18.